The van der Waals surface area contributed by atoms with Gasteiger partial charge in [-0.3, -0.25) is 4.57 Å². The van der Waals surface area contributed by atoms with Crippen molar-refractivity contribution in [2.75, 3.05) is 21.3 Å². The number of nitrogens with zero attached hydrogens (tertiary/aromatic N) is 6. The monoisotopic (exact) mass is 544 g/mol. The third-order valence-corrected chi connectivity index (χ3v) is 7.81. The molecule has 12 nitrogen and oxygen atoms in total. The number of methoxy groups -OCH3 is 3. The van der Waals surface area contributed by atoms with Gasteiger partial charge in [-0.15, -0.1) is 10.2 Å². The molecule has 200 valence electrons. The average molecular weight is 545 g/mol. The minimum atomic E-state index is -4.10. The number of sulfone groups is 1. The number of aromatic nitrogens is 6. The number of aliphatic hydroxyl groups is 1. The minimum absolute atomic E-state index is 0.00601. The van der Waals surface area contributed by atoms with Crippen LogP contribution in [0.25, 0.3) is 17.2 Å². The summed E-state index contributed by atoms with van der Waals surface area (Å²) >= 11 is 0. The zero-order chi connectivity index (χ0) is 27.4. The Bertz CT molecular complexity index is 1510. The van der Waals surface area contributed by atoms with Gasteiger partial charge in [0.05, 0.1) is 39.0 Å². The summed E-state index contributed by atoms with van der Waals surface area (Å²) in [6, 6.07) is 10.1. The highest BCUT2D eigenvalue weighted by Gasteiger charge is 2.34. The molecule has 38 heavy (non-hydrogen) atoms. The second-order valence-electron chi connectivity index (χ2n) is 8.07. The maximum Gasteiger partial charge on any atom is 0.213 e. The molecule has 4 rings (SSSR count). The Balaban J connectivity index is 1.84. The number of rotatable bonds is 10. The smallest absolute Gasteiger partial charge is 0.213 e. The third kappa shape index (κ3) is 5.26. The second-order valence-corrected chi connectivity index (χ2v) is 10.4. The zero-order valence-corrected chi connectivity index (χ0v) is 21.8. The van der Waals surface area contributed by atoms with Crippen molar-refractivity contribution in [3.8, 4) is 34.6 Å². The minimum Gasteiger partial charge on any atom is -0.494 e. The lowest BCUT2D eigenvalue weighted by Gasteiger charge is -2.20. The maximum absolute atomic E-state index is 13.5. The van der Waals surface area contributed by atoms with E-state index in [0.29, 0.717) is 28.8 Å². The Hall–Kier alpha value is -4.17. The highest BCUT2D eigenvalue weighted by Crippen LogP contribution is 2.37. The first kappa shape index (κ1) is 26.9. The number of aliphatic hydroxyl groups excluding tert-OH is 1. The summed E-state index contributed by atoms with van der Waals surface area (Å²) in [7, 11) is 0.296. The molecule has 0 spiro atoms. The first-order chi connectivity index (χ1) is 18.2. The molecule has 14 heteroatoms. The normalized spacial score (nSPS) is 13.1. The van der Waals surface area contributed by atoms with Gasteiger partial charge in [-0.1, -0.05) is 12.1 Å². The summed E-state index contributed by atoms with van der Waals surface area (Å²) in [5.41, 5.74) is 0.698. The van der Waals surface area contributed by atoms with E-state index in [-0.39, 0.29) is 17.5 Å². The maximum atomic E-state index is 13.5. The van der Waals surface area contributed by atoms with Gasteiger partial charge in [-0.25, -0.2) is 27.8 Å². The molecule has 3 aromatic heterocycles. The van der Waals surface area contributed by atoms with E-state index < -0.39 is 32.8 Å². The van der Waals surface area contributed by atoms with Crippen LogP contribution >= 0.6 is 0 Å². The molecule has 3 heterocycles. The molecule has 0 amide bonds. The second kappa shape index (κ2) is 11.1. The average Bonchev–Trinajstić information content (AvgIpc) is 3.34. The van der Waals surface area contributed by atoms with E-state index in [0.717, 1.165) is 12.4 Å². The fourth-order valence-electron chi connectivity index (χ4n) is 3.71. The molecule has 2 atom stereocenters. The molecule has 1 N–H and O–H groups in total. The lowest BCUT2D eigenvalue weighted by atomic mass is 10.2. The quantitative estimate of drug-likeness (QED) is 0.313. The van der Waals surface area contributed by atoms with Crippen LogP contribution in [0.5, 0.6) is 17.4 Å². The van der Waals surface area contributed by atoms with Crippen molar-refractivity contribution < 1.29 is 32.1 Å². The molecule has 0 bridgehead atoms. The molecule has 4 aromatic rings. The molecule has 0 radical (unpaired) electrons. The predicted octanol–water partition coefficient (Wildman–Crippen LogP) is 2.32. The third-order valence-electron chi connectivity index (χ3n) is 5.76. The van der Waals surface area contributed by atoms with Crippen molar-refractivity contribution in [2.24, 2.45) is 0 Å². The number of pyridine rings is 1. The van der Waals surface area contributed by atoms with E-state index in [9.17, 15) is 17.9 Å². The number of halogens is 1. The highest BCUT2D eigenvalue weighted by molar-refractivity contribution is 7.91. The molecule has 0 unspecified atom stereocenters. The fraction of sp³-hybridized carbons (Fsp3) is 0.292. The Labute approximate surface area is 218 Å². The molecule has 0 aliphatic heterocycles. The van der Waals surface area contributed by atoms with E-state index in [2.05, 4.69) is 25.1 Å². The van der Waals surface area contributed by atoms with E-state index in [1.807, 2.05) is 0 Å². The molecular formula is C24H25FN6O6S. The molecule has 0 fully saturated rings. The van der Waals surface area contributed by atoms with Crippen molar-refractivity contribution in [1.82, 2.24) is 29.7 Å². The van der Waals surface area contributed by atoms with Crippen LogP contribution in [0.3, 0.4) is 0 Å². The van der Waals surface area contributed by atoms with Gasteiger partial charge in [-0.2, -0.15) is 0 Å². The summed E-state index contributed by atoms with van der Waals surface area (Å²) in [4.78, 5) is 11.8. The van der Waals surface area contributed by atoms with Crippen LogP contribution in [0, 0.1) is 5.82 Å². The van der Waals surface area contributed by atoms with E-state index in [1.165, 1.54) is 32.8 Å². The van der Waals surface area contributed by atoms with Crippen LogP contribution in [0.4, 0.5) is 4.39 Å². The largest absolute Gasteiger partial charge is 0.494 e. The van der Waals surface area contributed by atoms with Crippen LogP contribution in [0.15, 0.2) is 48.8 Å². The highest BCUT2D eigenvalue weighted by atomic mass is 32.2. The molecule has 0 saturated carbocycles. The number of ether oxygens (including phenoxy) is 3. The van der Waals surface area contributed by atoms with Gasteiger partial charge in [0, 0.05) is 6.07 Å². The molecule has 1 aromatic carbocycles. The van der Waals surface area contributed by atoms with Gasteiger partial charge in [0.1, 0.15) is 34.7 Å². The van der Waals surface area contributed by atoms with Crippen LogP contribution in [-0.2, 0) is 15.6 Å². The zero-order valence-electron chi connectivity index (χ0n) is 20.9. The lowest BCUT2D eigenvalue weighted by molar-refractivity contribution is 0.165. The number of hydrogen-bond acceptors (Lipinski definition) is 11. The van der Waals surface area contributed by atoms with E-state index in [1.54, 1.807) is 36.4 Å². The summed E-state index contributed by atoms with van der Waals surface area (Å²) in [5.74, 6) is -0.331. The Kier molecular flexibility index (Phi) is 7.83. The number of benzene rings is 1. The van der Waals surface area contributed by atoms with Gasteiger partial charge < -0.3 is 19.3 Å². The van der Waals surface area contributed by atoms with E-state index >= 15 is 0 Å². The van der Waals surface area contributed by atoms with Crippen molar-refractivity contribution in [2.45, 2.75) is 24.0 Å². The topological polar surface area (TPSA) is 151 Å². The van der Waals surface area contributed by atoms with Crippen molar-refractivity contribution >= 4 is 9.84 Å². The van der Waals surface area contributed by atoms with Crippen LogP contribution in [-0.4, -0.2) is 69.8 Å². The summed E-state index contributed by atoms with van der Waals surface area (Å²) in [6.07, 6.45) is 0.0866. The van der Waals surface area contributed by atoms with Crippen LogP contribution in [0.1, 0.15) is 24.7 Å². The summed E-state index contributed by atoms with van der Waals surface area (Å²) < 4.78 is 57.9. The predicted molar refractivity (Wildman–Crippen MR) is 133 cm³/mol. The van der Waals surface area contributed by atoms with Gasteiger partial charge in [0.25, 0.3) is 0 Å². The van der Waals surface area contributed by atoms with Gasteiger partial charge in [-0.05, 0) is 25.1 Å². The standard InChI is InChI=1S/C24H25FN6O6S/c1-14(22(32)23-26-11-15(25)12-27-23)38(33,34)13-19-29-30-24(16-7-5-10-20(28-16)37-4)31(19)21-17(35-2)8-6-9-18(21)36-3/h5-12,14,22,32H,13H2,1-4H3/t14-,22-/m1/s1. The van der Waals surface area contributed by atoms with Gasteiger partial charge >= 0.3 is 0 Å². The Morgan fingerprint density at radius 3 is 2.21 bits per heavy atom. The lowest BCUT2D eigenvalue weighted by Crippen LogP contribution is -2.29. The first-order valence-electron chi connectivity index (χ1n) is 11.2. The van der Waals surface area contributed by atoms with Crippen molar-refractivity contribution in [3.05, 3.63) is 66.3 Å². The van der Waals surface area contributed by atoms with E-state index in [4.69, 9.17) is 14.2 Å². The van der Waals surface area contributed by atoms with Gasteiger partial charge in [0.2, 0.25) is 5.88 Å². The molecule has 0 aliphatic rings. The molecular weight excluding hydrogens is 519 g/mol. The number of para-hydroxylation sites is 1. The first-order valence-corrected chi connectivity index (χ1v) is 13.0. The summed E-state index contributed by atoms with van der Waals surface area (Å²) in [6.45, 7) is 1.31. The van der Waals surface area contributed by atoms with Crippen molar-refractivity contribution in [3.63, 3.8) is 0 Å². The Morgan fingerprint density at radius 2 is 1.61 bits per heavy atom. The number of hydrogen-bond donors (Lipinski definition) is 1. The molecule has 0 aliphatic carbocycles. The van der Waals surface area contributed by atoms with Crippen LogP contribution in [0.2, 0.25) is 0 Å². The SMILES string of the molecule is COc1cccc(-c2nnc(CS(=O)(=O)[C@H](C)[C@@H](O)c3ncc(F)cn3)n2-c2c(OC)cccc2OC)n1. The summed E-state index contributed by atoms with van der Waals surface area (Å²) in [5, 5.41) is 17.7. The van der Waals surface area contributed by atoms with Gasteiger partial charge in [0.15, 0.2) is 33.1 Å². The fourth-order valence-corrected chi connectivity index (χ4v) is 5.03. The van der Waals surface area contributed by atoms with Crippen LogP contribution < -0.4 is 14.2 Å². The Morgan fingerprint density at radius 1 is 0.974 bits per heavy atom. The van der Waals surface area contributed by atoms with Crippen molar-refractivity contribution in [1.29, 1.82) is 0 Å². The molecule has 0 saturated heterocycles.